The third-order valence-corrected chi connectivity index (χ3v) is 6.85. The molecular weight excluding hydrogens is 436 g/mol. The zero-order valence-electron chi connectivity index (χ0n) is 20.7. The number of benzene rings is 2. The van der Waals surface area contributed by atoms with Crippen LogP contribution >= 0.6 is 0 Å². The molecule has 0 aliphatic carbocycles. The van der Waals surface area contributed by atoms with Gasteiger partial charge in [0.05, 0.1) is 11.3 Å². The topological polar surface area (TPSA) is 54.6 Å². The number of piperidine rings is 1. The van der Waals surface area contributed by atoms with Gasteiger partial charge in [0.2, 0.25) is 5.88 Å². The maximum atomic E-state index is 6.11. The van der Waals surface area contributed by atoms with Gasteiger partial charge in [-0.05, 0) is 82.5 Å². The Labute approximate surface area is 207 Å². The fourth-order valence-corrected chi connectivity index (χ4v) is 4.97. The second-order valence-electron chi connectivity index (χ2n) is 9.80. The molecular formula is C29H34N4O2. The van der Waals surface area contributed by atoms with Gasteiger partial charge in [-0.1, -0.05) is 41.6 Å². The van der Waals surface area contributed by atoms with E-state index < -0.39 is 0 Å². The second-order valence-corrected chi connectivity index (χ2v) is 9.80. The minimum atomic E-state index is 0.574. The number of nitrogens with zero attached hydrogens (tertiary/aromatic N) is 4. The van der Waals surface area contributed by atoms with Crippen molar-refractivity contribution in [1.82, 2.24) is 19.9 Å². The van der Waals surface area contributed by atoms with E-state index in [2.05, 4.69) is 56.3 Å². The number of fused-ring (bicyclic) bond motifs is 1. The zero-order valence-corrected chi connectivity index (χ0v) is 20.7. The van der Waals surface area contributed by atoms with E-state index in [1.807, 2.05) is 38.4 Å². The van der Waals surface area contributed by atoms with E-state index >= 15 is 0 Å². The van der Waals surface area contributed by atoms with Gasteiger partial charge >= 0.3 is 0 Å². The summed E-state index contributed by atoms with van der Waals surface area (Å²) in [5.74, 6) is 2.07. The Morgan fingerprint density at radius 3 is 2.54 bits per heavy atom. The fraction of sp³-hybridized carbons (Fsp3) is 0.379. The maximum absolute atomic E-state index is 6.11. The molecule has 35 heavy (non-hydrogen) atoms. The number of pyridine rings is 1. The Bertz CT molecular complexity index is 1220. The van der Waals surface area contributed by atoms with Crippen molar-refractivity contribution in [2.24, 2.45) is 5.92 Å². The van der Waals surface area contributed by atoms with Gasteiger partial charge in [-0.15, -0.1) is 0 Å². The van der Waals surface area contributed by atoms with Crippen molar-refractivity contribution in [2.75, 3.05) is 27.2 Å². The van der Waals surface area contributed by atoms with Gasteiger partial charge in [0, 0.05) is 30.7 Å². The van der Waals surface area contributed by atoms with Crippen LogP contribution < -0.4 is 4.74 Å². The Morgan fingerprint density at radius 1 is 1.00 bits per heavy atom. The Balaban J connectivity index is 1.24. The summed E-state index contributed by atoms with van der Waals surface area (Å²) in [5, 5.41) is 5.59. The minimum absolute atomic E-state index is 0.574. The summed E-state index contributed by atoms with van der Waals surface area (Å²) < 4.78 is 12.0. The third-order valence-electron chi connectivity index (χ3n) is 6.85. The lowest BCUT2D eigenvalue weighted by Gasteiger charge is -2.31. The first-order chi connectivity index (χ1) is 17.2. The number of hydrogen-bond acceptors (Lipinski definition) is 6. The molecule has 6 heteroatoms. The lowest BCUT2D eigenvalue weighted by Crippen LogP contribution is -2.33. The van der Waals surface area contributed by atoms with Gasteiger partial charge in [-0.2, -0.15) is 0 Å². The van der Waals surface area contributed by atoms with E-state index in [1.165, 1.54) is 31.5 Å². The number of ether oxygens (including phenoxy) is 1. The minimum Gasteiger partial charge on any atom is -0.439 e. The van der Waals surface area contributed by atoms with E-state index in [0.717, 1.165) is 53.3 Å². The van der Waals surface area contributed by atoms with Crippen LogP contribution in [0.2, 0.25) is 0 Å². The molecule has 6 nitrogen and oxygen atoms in total. The lowest BCUT2D eigenvalue weighted by molar-refractivity contribution is 0.172. The average molecular weight is 471 g/mol. The molecule has 4 aromatic rings. The van der Waals surface area contributed by atoms with Gasteiger partial charge in [0.25, 0.3) is 0 Å². The number of hydrogen-bond donors (Lipinski definition) is 0. The first-order valence-corrected chi connectivity index (χ1v) is 12.6. The summed E-state index contributed by atoms with van der Waals surface area (Å²) in [6.45, 7) is 4.09. The molecule has 182 valence electrons. The van der Waals surface area contributed by atoms with Crippen LogP contribution in [0.25, 0.3) is 11.0 Å². The highest BCUT2D eigenvalue weighted by molar-refractivity contribution is 5.84. The van der Waals surface area contributed by atoms with E-state index in [1.54, 1.807) is 6.20 Å². The molecule has 2 aromatic carbocycles. The van der Waals surface area contributed by atoms with Crippen molar-refractivity contribution in [1.29, 1.82) is 0 Å². The predicted octanol–water partition coefficient (Wildman–Crippen LogP) is 5.92. The summed E-state index contributed by atoms with van der Waals surface area (Å²) in [4.78, 5) is 9.00. The predicted molar refractivity (Wildman–Crippen MR) is 138 cm³/mol. The van der Waals surface area contributed by atoms with Gasteiger partial charge in [-0.25, -0.2) is 4.98 Å². The first kappa shape index (κ1) is 23.5. The number of aryl methyl sites for hydroxylation is 1. The highest BCUT2D eigenvalue weighted by Crippen LogP contribution is 2.34. The molecule has 0 radical (unpaired) electrons. The van der Waals surface area contributed by atoms with Crippen LogP contribution in [0.3, 0.4) is 0 Å². The second kappa shape index (κ2) is 11.0. The molecule has 1 aliphatic heterocycles. The van der Waals surface area contributed by atoms with Crippen molar-refractivity contribution in [2.45, 2.75) is 38.8 Å². The van der Waals surface area contributed by atoms with Crippen LogP contribution in [-0.2, 0) is 19.5 Å². The summed E-state index contributed by atoms with van der Waals surface area (Å²) in [7, 11) is 4.09. The number of aromatic nitrogens is 2. The highest BCUT2D eigenvalue weighted by Gasteiger charge is 2.22. The molecule has 0 amide bonds. The van der Waals surface area contributed by atoms with Crippen molar-refractivity contribution in [3.05, 3.63) is 83.7 Å². The van der Waals surface area contributed by atoms with E-state index in [0.29, 0.717) is 12.4 Å². The Kier molecular flexibility index (Phi) is 7.40. The van der Waals surface area contributed by atoms with Crippen LogP contribution in [0.15, 0.2) is 71.4 Å². The maximum Gasteiger partial charge on any atom is 0.219 e. The molecule has 2 aromatic heterocycles. The quantitative estimate of drug-likeness (QED) is 0.303. The van der Waals surface area contributed by atoms with Crippen molar-refractivity contribution < 1.29 is 9.26 Å². The molecule has 0 saturated carbocycles. The smallest absolute Gasteiger partial charge is 0.219 e. The first-order valence-electron chi connectivity index (χ1n) is 12.6. The van der Waals surface area contributed by atoms with Crippen molar-refractivity contribution >= 4 is 11.0 Å². The van der Waals surface area contributed by atoms with Crippen LogP contribution in [0.4, 0.5) is 0 Å². The zero-order chi connectivity index (χ0) is 24.0. The molecule has 5 rings (SSSR count). The molecule has 1 aliphatic rings. The standard InChI is InChI=1S/C29H34N4O2/c1-32(2)21-25-27(34-28-10-6-7-17-30-28)14-12-24-26(31-35-29(24)25)13-11-22-15-18-33(19-16-22)20-23-8-4-3-5-9-23/h3-10,12,14,17,22H,11,13,15-16,18-21H2,1-2H3. The number of rotatable bonds is 9. The fourth-order valence-electron chi connectivity index (χ4n) is 4.97. The Morgan fingerprint density at radius 2 is 1.80 bits per heavy atom. The normalized spacial score (nSPS) is 15.2. The van der Waals surface area contributed by atoms with E-state index in [4.69, 9.17) is 9.26 Å². The molecule has 0 spiro atoms. The van der Waals surface area contributed by atoms with E-state index in [9.17, 15) is 0 Å². The molecule has 1 fully saturated rings. The molecule has 3 heterocycles. The summed E-state index contributed by atoms with van der Waals surface area (Å²) >= 11 is 0. The van der Waals surface area contributed by atoms with Crippen LogP contribution in [-0.4, -0.2) is 47.1 Å². The summed E-state index contributed by atoms with van der Waals surface area (Å²) in [5.41, 5.74) is 4.28. The van der Waals surface area contributed by atoms with Crippen molar-refractivity contribution in [3.8, 4) is 11.6 Å². The van der Waals surface area contributed by atoms with Gasteiger partial charge < -0.3 is 14.2 Å². The third kappa shape index (κ3) is 5.89. The summed E-state index contributed by atoms with van der Waals surface area (Å²) in [6, 6.07) is 20.6. The molecule has 0 bridgehead atoms. The SMILES string of the molecule is CN(C)Cc1c(Oc2ccccn2)ccc2c(CCC3CCN(Cc4ccccc4)CC3)noc12. The van der Waals surface area contributed by atoms with E-state index in [-0.39, 0.29) is 0 Å². The monoisotopic (exact) mass is 470 g/mol. The summed E-state index contributed by atoms with van der Waals surface area (Å²) in [6.07, 6.45) is 6.32. The Hall–Kier alpha value is -3.22. The largest absolute Gasteiger partial charge is 0.439 e. The van der Waals surface area contributed by atoms with Gasteiger partial charge in [0.15, 0.2) is 5.58 Å². The van der Waals surface area contributed by atoms with Crippen LogP contribution in [0, 0.1) is 5.92 Å². The average Bonchev–Trinajstić information content (AvgIpc) is 3.29. The van der Waals surface area contributed by atoms with Crippen LogP contribution in [0.1, 0.15) is 36.1 Å². The van der Waals surface area contributed by atoms with Gasteiger partial charge in [0.1, 0.15) is 5.75 Å². The molecule has 1 saturated heterocycles. The molecule has 0 unspecified atom stereocenters. The van der Waals surface area contributed by atoms with Crippen molar-refractivity contribution in [3.63, 3.8) is 0 Å². The molecule has 0 N–H and O–H groups in total. The lowest BCUT2D eigenvalue weighted by atomic mass is 9.91. The molecule has 0 atom stereocenters. The highest BCUT2D eigenvalue weighted by atomic mass is 16.5. The van der Waals surface area contributed by atoms with Gasteiger partial charge in [-0.3, -0.25) is 4.90 Å². The van der Waals surface area contributed by atoms with Crippen LogP contribution in [0.5, 0.6) is 11.6 Å². The number of likely N-dealkylation sites (tertiary alicyclic amines) is 1.